The maximum Gasteiger partial charge on any atom is 0.290 e. The summed E-state index contributed by atoms with van der Waals surface area (Å²) in [6, 6.07) is 36.9. The Kier molecular flexibility index (Phi) is 13.1. The van der Waals surface area contributed by atoms with E-state index in [1.165, 1.54) is 12.5 Å². The Balaban J connectivity index is 1.05. The van der Waals surface area contributed by atoms with Gasteiger partial charge in [-0.2, -0.15) is 0 Å². The molecule has 4 heterocycles. The number of furan rings is 2. The number of ether oxygens (including phenoxy) is 2. The second-order valence-corrected chi connectivity index (χ2v) is 14.6. The molecule has 4 aromatic carbocycles. The summed E-state index contributed by atoms with van der Waals surface area (Å²) >= 11 is 0. The van der Waals surface area contributed by atoms with Crippen molar-refractivity contribution in [2.75, 3.05) is 52.4 Å². The average Bonchev–Trinajstić information content (AvgIpc) is 4.04. The van der Waals surface area contributed by atoms with E-state index >= 15 is 0 Å². The standard InChI is InChI=1S/C47H48N6O7/c54-45(39-17-15-37(59-35-9-3-1-4-10-35)29-33(39)19-21-50-43-31-48-23-25-52(43)46(55)41-13-7-27-57-41)40-18-16-38(60-36-11-5-2-6-12-36)30-34(40)20-22-51-44-32-49-24-26-53(44)47(56)42-14-8-28-58-42/h1-18,27-30,43-44,48-51H,19-26,31-32H2. The monoisotopic (exact) mass is 808 g/mol. The van der Waals surface area contributed by atoms with E-state index in [0.717, 1.165) is 11.1 Å². The number of carbonyl (C=O) groups is 3. The molecule has 60 heavy (non-hydrogen) atoms. The van der Waals surface area contributed by atoms with Crippen LogP contribution in [0, 0.1) is 0 Å². The van der Waals surface area contributed by atoms with Gasteiger partial charge in [0.15, 0.2) is 17.3 Å². The van der Waals surface area contributed by atoms with E-state index in [1.807, 2.05) is 97.1 Å². The predicted octanol–water partition coefficient (Wildman–Crippen LogP) is 6.10. The van der Waals surface area contributed by atoms with Crippen LogP contribution in [0.3, 0.4) is 0 Å². The van der Waals surface area contributed by atoms with Gasteiger partial charge in [-0.3, -0.25) is 25.0 Å². The Bertz CT molecular complexity index is 2170. The first-order valence-corrected chi connectivity index (χ1v) is 20.3. The molecule has 13 heteroatoms. The molecule has 2 amide bonds. The lowest BCUT2D eigenvalue weighted by atomic mass is 9.92. The number of nitrogens with one attached hydrogen (secondary N) is 4. The van der Waals surface area contributed by atoms with Crippen molar-refractivity contribution < 1.29 is 32.7 Å². The van der Waals surface area contributed by atoms with Gasteiger partial charge in [-0.05, 0) is 109 Å². The van der Waals surface area contributed by atoms with E-state index < -0.39 is 0 Å². The van der Waals surface area contributed by atoms with Gasteiger partial charge in [-0.1, -0.05) is 36.4 Å². The fraction of sp³-hybridized carbons (Fsp3) is 0.255. The van der Waals surface area contributed by atoms with Crippen LogP contribution in [0.4, 0.5) is 0 Å². The highest BCUT2D eigenvalue weighted by atomic mass is 16.5. The van der Waals surface area contributed by atoms with Crippen LogP contribution in [0.15, 0.2) is 143 Å². The van der Waals surface area contributed by atoms with E-state index in [1.54, 1.807) is 34.1 Å². The van der Waals surface area contributed by atoms with Gasteiger partial charge < -0.3 is 38.7 Å². The van der Waals surface area contributed by atoms with Crippen molar-refractivity contribution in [2.24, 2.45) is 0 Å². The first kappa shape index (κ1) is 40.3. The normalized spacial score (nSPS) is 16.7. The first-order valence-electron chi connectivity index (χ1n) is 20.3. The third kappa shape index (κ3) is 9.84. The van der Waals surface area contributed by atoms with Gasteiger partial charge in [-0.15, -0.1) is 0 Å². The van der Waals surface area contributed by atoms with E-state index in [-0.39, 0.29) is 29.9 Å². The summed E-state index contributed by atoms with van der Waals surface area (Å²) in [6.07, 6.45) is 3.40. The summed E-state index contributed by atoms with van der Waals surface area (Å²) in [7, 11) is 0. The minimum atomic E-state index is -0.278. The molecule has 0 saturated carbocycles. The highest BCUT2D eigenvalue weighted by Crippen LogP contribution is 2.30. The second kappa shape index (κ2) is 19.5. The zero-order chi connectivity index (χ0) is 41.1. The summed E-state index contributed by atoms with van der Waals surface area (Å²) in [5, 5.41) is 13.8. The van der Waals surface area contributed by atoms with E-state index in [9.17, 15) is 14.4 Å². The number of hydrogen-bond acceptors (Lipinski definition) is 11. The number of benzene rings is 4. The number of ketones is 1. The third-order valence-electron chi connectivity index (χ3n) is 10.6. The van der Waals surface area contributed by atoms with Crippen molar-refractivity contribution in [1.29, 1.82) is 0 Å². The topological polar surface area (TPSA) is 151 Å². The molecule has 0 aliphatic carbocycles. The van der Waals surface area contributed by atoms with Gasteiger partial charge >= 0.3 is 0 Å². The molecule has 0 radical (unpaired) electrons. The number of nitrogens with zero attached hydrogens (tertiary/aromatic N) is 2. The maximum absolute atomic E-state index is 14.8. The minimum absolute atomic E-state index is 0.138. The average molecular weight is 809 g/mol. The third-order valence-corrected chi connectivity index (χ3v) is 10.6. The highest BCUT2D eigenvalue weighted by Gasteiger charge is 2.30. The Morgan fingerprint density at radius 2 is 1.02 bits per heavy atom. The van der Waals surface area contributed by atoms with Crippen LogP contribution < -0.4 is 30.7 Å². The molecule has 2 aromatic heterocycles. The number of amides is 2. The predicted molar refractivity (Wildman–Crippen MR) is 226 cm³/mol. The van der Waals surface area contributed by atoms with Crippen LogP contribution in [0.25, 0.3) is 0 Å². The zero-order valence-electron chi connectivity index (χ0n) is 33.2. The summed E-state index contributed by atoms with van der Waals surface area (Å²) in [5.74, 6) is 2.68. The van der Waals surface area contributed by atoms with Crippen LogP contribution >= 0.6 is 0 Å². The van der Waals surface area contributed by atoms with Crippen LogP contribution in [0.2, 0.25) is 0 Å². The molecule has 2 unspecified atom stereocenters. The molecule has 6 aromatic rings. The summed E-state index contributed by atoms with van der Waals surface area (Å²) in [5.41, 5.74) is 2.67. The molecule has 2 fully saturated rings. The first-order chi connectivity index (χ1) is 29.5. The van der Waals surface area contributed by atoms with Crippen molar-refractivity contribution in [1.82, 2.24) is 31.1 Å². The molecule has 2 aliphatic rings. The molecule has 2 saturated heterocycles. The lowest BCUT2D eigenvalue weighted by molar-refractivity contribution is 0.0553. The fourth-order valence-corrected chi connectivity index (χ4v) is 7.61. The Morgan fingerprint density at radius 3 is 1.43 bits per heavy atom. The quantitative estimate of drug-likeness (QED) is 0.0841. The van der Waals surface area contributed by atoms with Crippen molar-refractivity contribution in [3.05, 3.63) is 168 Å². The smallest absolute Gasteiger partial charge is 0.290 e. The van der Waals surface area contributed by atoms with Crippen LogP contribution in [-0.2, 0) is 12.8 Å². The molecule has 0 bridgehead atoms. The van der Waals surface area contributed by atoms with E-state index in [0.29, 0.717) is 111 Å². The van der Waals surface area contributed by atoms with Crippen molar-refractivity contribution in [3.63, 3.8) is 0 Å². The van der Waals surface area contributed by atoms with Crippen molar-refractivity contribution in [2.45, 2.75) is 25.2 Å². The van der Waals surface area contributed by atoms with Gasteiger partial charge in [0.1, 0.15) is 23.0 Å². The SMILES string of the molecule is O=C(c1ccc(Oc2ccccc2)cc1CCNC1CNCCN1C(=O)c1ccco1)c1ccc(Oc2ccccc2)cc1CCNC1CNCCN1C(=O)c1ccco1. The van der Waals surface area contributed by atoms with Crippen molar-refractivity contribution in [3.8, 4) is 23.0 Å². The Morgan fingerprint density at radius 1 is 0.567 bits per heavy atom. The lowest BCUT2D eigenvalue weighted by Crippen LogP contribution is -2.59. The number of rotatable bonds is 16. The largest absolute Gasteiger partial charge is 0.459 e. The molecular weight excluding hydrogens is 761 g/mol. The van der Waals surface area contributed by atoms with Gasteiger partial charge in [0, 0.05) is 63.5 Å². The Hall–Kier alpha value is -6.51. The minimum Gasteiger partial charge on any atom is -0.459 e. The number of carbonyl (C=O) groups excluding carboxylic acids is 3. The van der Waals surface area contributed by atoms with Crippen LogP contribution in [-0.4, -0.2) is 92.1 Å². The zero-order valence-corrected chi connectivity index (χ0v) is 33.2. The van der Waals surface area contributed by atoms with E-state index in [4.69, 9.17) is 18.3 Å². The molecule has 8 rings (SSSR count). The number of para-hydroxylation sites is 2. The fourth-order valence-electron chi connectivity index (χ4n) is 7.61. The molecule has 13 nitrogen and oxygen atoms in total. The molecule has 4 N–H and O–H groups in total. The second-order valence-electron chi connectivity index (χ2n) is 14.6. The molecular formula is C47H48N6O7. The summed E-state index contributed by atoms with van der Waals surface area (Å²) in [6.45, 7) is 4.49. The highest BCUT2D eigenvalue weighted by molar-refractivity contribution is 6.11. The number of piperazine rings is 2. The van der Waals surface area contributed by atoms with Crippen LogP contribution in [0.5, 0.6) is 23.0 Å². The van der Waals surface area contributed by atoms with Gasteiger partial charge in [0.25, 0.3) is 11.8 Å². The Labute approximate surface area is 348 Å². The van der Waals surface area contributed by atoms with Gasteiger partial charge in [0.05, 0.1) is 24.9 Å². The van der Waals surface area contributed by atoms with Crippen molar-refractivity contribution >= 4 is 17.6 Å². The molecule has 0 spiro atoms. The molecule has 2 aliphatic heterocycles. The summed E-state index contributed by atoms with van der Waals surface area (Å²) < 4.78 is 23.3. The summed E-state index contributed by atoms with van der Waals surface area (Å²) in [4.78, 5) is 45.0. The van der Waals surface area contributed by atoms with Gasteiger partial charge in [0.2, 0.25) is 0 Å². The van der Waals surface area contributed by atoms with Crippen LogP contribution in [0.1, 0.15) is 48.2 Å². The maximum atomic E-state index is 14.8. The molecule has 2 atom stereocenters. The lowest BCUT2D eigenvalue weighted by Gasteiger charge is -2.36. The number of hydrogen-bond donors (Lipinski definition) is 4. The molecule has 308 valence electrons. The van der Waals surface area contributed by atoms with E-state index in [2.05, 4.69) is 21.3 Å². The van der Waals surface area contributed by atoms with Gasteiger partial charge in [-0.25, -0.2) is 0 Å².